The molecule has 0 fully saturated rings. The van der Waals surface area contributed by atoms with Crippen molar-refractivity contribution < 1.29 is 32.6 Å². The Kier molecular flexibility index (Phi) is 5.77. The Balaban J connectivity index is 0. The molecule has 0 saturated heterocycles. The number of esters is 1. The van der Waals surface area contributed by atoms with Crippen molar-refractivity contribution in [2.45, 2.75) is 32.5 Å². The Labute approximate surface area is 84.0 Å². The first-order valence-corrected chi connectivity index (χ1v) is 3.65. The second-order valence-corrected chi connectivity index (χ2v) is 3.34. The highest BCUT2D eigenvalue weighted by Crippen LogP contribution is 2.20. The molecular formula is C7H12F3NO4. The minimum Gasteiger partial charge on any atom is -0.465 e. The molecule has 5 nitrogen and oxygen atoms in total. The van der Waals surface area contributed by atoms with Crippen LogP contribution >= 0.6 is 0 Å². The Morgan fingerprint density at radius 3 is 1.53 bits per heavy atom. The van der Waals surface area contributed by atoms with Gasteiger partial charge in [-0.3, -0.25) is 0 Å². The van der Waals surface area contributed by atoms with E-state index in [1.54, 1.807) is 0 Å². The third-order valence-electron chi connectivity index (χ3n) is 0.630. The zero-order chi connectivity index (χ0) is 12.9. The van der Waals surface area contributed by atoms with Gasteiger partial charge in [0.2, 0.25) is 0 Å². The summed E-state index contributed by atoms with van der Waals surface area (Å²) >= 11 is 0. The van der Waals surface area contributed by atoms with Crippen molar-refractivity contribution >= 4 is 12.1 Å². The smallest absolute Gasteiger partial charge is 0.465 e. The topological polar surface area (TPSA) is 89.6 Å². The second kappa shape index (κ2) is 5.42. The number of hydrogen-bond acceptors (Lipinski definition) is 3. The van der Waals surface area contributed by atoms with Gasteiger partial charge in [0.1, 0.15) is 5.60 Å². The third kappa shape index (κ3) is 15.3. The average Bonchev–Trinajstić information content (AvgIpc) is 1.78. The van der Waals surface area contributed by atoms with Crippen LogP contribution in [0.25, 0.3) is 0 Å². The Bertz CT molecular complexity index is 227. The molecule has 0 aromatic carbocycles. The molecule has 0 aromatic heterocycles. The largest absolute Gasteiger partial charge is 0.490 e. The van der Waals surface area contributed by atoms with Crippen LogP contribution in [0, 0.1) is 0 Å². The summed E-state index contributed by atoms with van der Waals surface area (Å²) in [6.45, 7) is 4.12. The van der Waals surface area contributed by atoms with E-state index >= 15 is 0 Å². The molecule has 0 radical (unpaired) electrons. The summed E-state index contributed by atoms with van der Waals surface area (Å²) < 4.78 is 38.6. The zero-order valence-electron chi connectivity index (χ0n) is 8.38. The molecule has 0 rings (SSSR count). The van der Waals surface area contributed by atoms with Gasteiger partial charge in [-0.15, -0.1) is 0 Å². The number of halogens is 3. The monoisotopic (exact) mass is 231 g/mol. The number of primary amides is 1. The van der Waals surface area contributed by atoms with Gasteiger partial charge in [0, 0.05) is 0 Å². The molecule has 15 heavy (non-hydrogen) atoms. The quantitative estimate of drug-likeness (QED) is 0.618. The number of alkyl halides is 3. The lowest BCUT2D eigenvalue weighted by atomic mass is 10.2. The molecule has 0 aliphatic carbocycles. The third-order valence-corrected chi connectivity index (χ3v) is 0.630. The molecule has 1 amide bonds. The molecule has 0 aliphatic rings. The summed E-state index contributed by atoms with van der Waals surface area (Å²) in [6, 6.07) is 0. The second-order valence-electron chi connectivity index (χ2n) is 3.34. The van der Waals surface area contributed by atoms with Crippen molar-refractivity contribution in [2.24, 2.45) is 5.73 Å². The summed E-state index contributed by atoms with van der Waals surface area (Å²) in [4.78, 5) is 18.9. The van der Waals surface area contributed by atoms with E-state index in [-0.39, 0.29) is 0 Å². The number of rotatable bonds is 0. The van der Waals surface area contributed by atoms with Gasteiger partial charge in [-0.1, -0.05) is 0 Å². The van der Waals surface area contributed by atoms with Crippen LogP contribution in [0.15, 0.2) is 0 Å². The van der Waals surface area contributed by atoms with Gasteiger partial charge in [0.15, 0.2) is 0 Å². The molecular weight excluding hydrogens is 219 g/mol. The highest BCUT2D eigenvalue weighted by atomic mass is 19.4. The number of carbonyl (C=O) groups excluding carboxylic acids is 1. The van der Waals surface area contributed by atoms with Crippen molar-refractivity contribution in [1.82, 2.24) is 0 Å². The van der Waals surface area contributed by atoms with E-state index in [1.807, 2.05) is 0 Å². The first-order valence-electron chi connectivity index (χ1n) is 3.65. The molecule has 0 spiro atoms. The minimum absolute atomic E-state index is 1.09. The maximum atomic E-state index is 11.5. The van der Waals surface area contributed by atoms with Crippen LogP contribution in [-0.4, -0.2) is 28.9 Å². The summed E-state index contributed by atoms with van der Waals surface area (Å²) in [5.41, 5.74) is 2.94. The van der Waals surface area contributed by atoms with Gasteiger partial charge in [-0.05, 0) is 20.8 Å². The lowest BCUT2D eigenvalue weighted by Gasteiger charge is -2.19. The molecule has 0 heterocycles. The van der Waals surface area contributed by atoms with E-state index in [1.165, 1.54) is 20.8 Å². The number of hydrogen-bond donors (Lipinski definition) is 2. The molecule has 0 unspecified atom stereocenters. The van der Waals surface area contributed by atoms with Gasteiger partial charge in [0.25, 0.3) is 0 Å². The maximum Gasteiger partial charge on any atom is 0.490 e. The van der Waals surface area contributed by atoms with Gasteiger partial charge in [-0.2, -0.15) is 13.2 Å². The van der Waals surface area contributed by atoms with Crippen LogP contribution in [0.3, 0.4) is 0 Å². The summed E-state index contributed by atoms with van der Waals surface area (Å²) in [7, 11) is 0. The lowest BCUT2D eigenvalue weighted by Crippen LogP contribution is -2.33. The van der Waals surface area contributed by atoms with E-state index in [9.17, 15) is 18.0 Å². The summed E-state index contributed by atoms with van der Waals surface area (Å²) in [5, 5.41) is 7.19. The molecule has 8 heteroatoms. The van der Waals surface area contributed by atoms with Crippen LogP contribution in [0.1, 0.15) is 20.8 Å². The van der Waals surface area contributed by atoms with Crippen molar-refractivity contribution in [1.29, 1.82) is 0 Å². The van der Waals surface area contributed by atoms with E-state index in [2.05, 4.69) is 10.5 Å². The van der Waals surface area contributed by atoms with Crippen LogP contribution in [0.4, 0.5) is 18.0 Å². The van der Waals surface area contributed by atoms with Gasteiger partial charge in [-0.25, -0.2) is 9.59 Å². The van der Waals surface area contributed by atoms with Crippen molar-refractivity contribution in [2.75, 3.05) is 0 Å². The number of carboxylic acid groups (broad SMARTS) is 1. The average molecular weight is 231 g/mol. The zero-order valence-corrected chi connectivity index (χ0v) is 8.38. The first kappa shape index (κ1) is 16.0. The predicted octanol–water partition coefficient (Wildman–Crippen LogP) is 1.51. The molecule has 0 aliphatic heterocycles. The molecule has 0 bridgehead atoms. The van der Waals surface area contributed by atoms with Gasteiger partial charge >= 0.3 is 18.2 Å². The van der Waals surface area contributed by atoms with E-state index in [0.29, 0.717) is 0 Å². The number of amides is 1. The van der Waals surface area contributed by atoms with Crippen molar-refractivity contribution in [3.05, 3.63) is 0 Å². The SMILES string of the molecule is CC(C)(C)OC(=O)C(F)(F)F.NC(=O)O. The van der Waals surface area contributed by atoms with Crippen LogP contribution in [-0.2, 0) is 9.53 Å². The highest BCUT2D eigenvalue weighted by Gasteiger charge is 2.42. The van der Waals surface area contributed by atoms with E-state index in [0.717, 1.165) is 0 Å². The van der Waals surface area contributed by atoms with Crippen LogP contribution in [0.2, 0.25) is 0 Å². The van der Waals surface area contributed by atoms with Crippen LogP contribution < -0.4 is 5.73 Å². The van der Waals surface area contributed by atoms with Gasteiger partial charge in [0.05, 0.1) is 0 Å². The van der Waals surface area contributed by atoms with E-state index < -0.39 is 23.8 Å². The lowest BCUT2D eigenvalue weighted by molar-refractivity contribution is -0.210. The molecule has 0 atom stereocenters. The minimum atomic E-state index is -4.90. The summed E-state index contributed by atoms with van der Waals surface area (Å²) in [6.07, 6.45) is -6.23. The standard InChI is InChI=1S/C6H9F3O2.CH3NO2/c1-5(2,3)11-4(10)6(7,8)9;2-1(3)4/h1-3H3;2H2,(H,3,4). The first-order chi connectivity index (χ1) is 6.36. The predicted molar refractivity (Wildman–Crippen MR) is 44.1 cm³/mol. The fraction of sp³-hybridized carbons (Fsp3) is 0.714. The number of ether oxygens (including phenoxy) is 1. The molecule has 3 N–H and O–H groups in total. The maximum absolute atomic E-state index is 11.5. The number of nitrogens with two attached hydrogens (primary N) is 1. The highest BCUT2D eigenvalue weighted by molar-refractivity contribution is 5.75. The van der Waals surface area contributed by atoms with Crippen molar-refractivity contribution in [3.63, 3.8) is 0 Å². The van der Waals surface area contributed by atoms with Crippen LogP contribution in [0.5, 0.6) is 0 Å². The fourth-order valence-electron chi connectivity index (χ4n) is 0.336. The number of carbonyl (C=O) groups is 2. The fourth-order valence-corrected chi connectivity index (χ4v) is 0.336. The normalized spacial score (nSPS) is 11.1. The molecule has 90 valence electrons. The Morgan fingerprint density at radius 2 is 1.47 bits per heavy atom. The van der Waals surface area contributed by atoms with E-state index in [4.69, 9.17) is 9.90 Å². The Hall–Kier alpha value is -1.47. The molecule has 0 saturated carbocycles. The van der Waals surface area contributed by atoms with Gasteiger partial charge < -0.3 is 15.6 Å². The van der Waals surface area contributed by atoms with Crippen molar-refractivity contribution in [3.8, 4) is 0 Å². The Morgan fingerprint density at radius 1 is 1.20 bits per heavy atom. The molecule has 0 aromatic rings. The summed E-state index contributed by atoms with van der Waals surface area (Å²) in [5.74, 6) is -2.15.